The minimum atomic E-state index is 1.13. The Morgan fingerprint density at radius 1 is 1.27 bits per heavy atom. The molecule has 11 heavy (non-hydrogen) atoms. The molecule has 1 saturated heterocycles. The molecule has 0 spiro atoms. The third-order valence-corrected chi connectivity index (χ3v) is 2.06. The molecule has 0 aliphatic carbocycles. The predicted molar refractivity (Wildman–Crippen MR) is 48.3 cm³/mol. The van der Waals surface area contributed by atoms with Crippen LogP contribution in [0.15, 0.2) is 18.2 Å². The molecule has 0 N–H and O–H groups in total. The number of likely N-dealkylation sites (tertiary alicyclic amines) is 1. The van der Waals surface area contributed by atoms with Gasteiger partial charge in [0.1, 0.15) is 0 Å². The highest BCUT2D eigenvalue weighted by Gasteiger charge is 2.08. The van der Waals surface area contributed by atoms with Crippen LogP contribution in [0, 0.1) is 6.58 Å². The Balaban J connectivity index is 2.01. The van der Waals surface area contributed by atoms with Gasteiger partial charge < -0.3 is 4.90 Å². The summed E-state index contributed by atoms with van der Waals surface area (Å²) >= 11 is 0. The molecule has 1 heteroatoms. The largest absolute Gasteiger partial charge is 0.303 e. The zero-order valence-electron chi connectivity index (χ0n) is 7.00. The van der Waals surface area contributed by atoms with Crippen LogP contribution in [0.1, 0.15) is 19.3 Å². The summed E-state index contributed by atoms with van der Waals surface area (Å²) in [6.07, 6.45) is 9.52. The Labute approximate surface area is 69.4 Å². The van der Waals surface area contributed by atoms with Gasteiger partial charge in [0.15, 0.2) is 0 Å². The lowest BCUT2D eigenvalue weighted by Crippen LogP contribution is -2.19. The van der Waals surface area contributed by atoms with Crippen molar-refractivity contribution in [3.8, 4) is 0 Å². The molecule has 0 amide bonds. The predicted octanol–water partition coefficient (Wildman–Crippen LogP) is 2.02. The molecular formula is C10H16N. The average molecular weight is 150 g/mol. The van der Waals surface area contributed by atoms with E-state index >= 15 is 0 Å². The van der Waals surface area contributed by atoms with Gasteiger partial charge in [-0.3, -0.25) is 0 Å². The van der Waals surface area contributed by atoms with E-state index in [0.717, 1.165) is 6.42 Å². The van der Waals surface area contributed by atoms with Gasteiger partial charge in [0.25, 0.3) is 0 Å². The lowest BCUT2D eigenvalue weighted by Gasteiger charge is -2.11. The number of rotatable bonds is 4. The van der Waals surface area contributed by atoms with Gasteiger partial charge in [-0.25, -0.2) is 0 Å². The standard InChI is InChI=1S/C10H16N/c1-2-3-4-5-8-11-9-6-7-10-11/h1-4H,5-10H2/b2-1?,4-3+. The van der Waals surface area contributed by atoms with Gasteiger partial charge >= 0.3 is 0 Å². The second-order valence-electron chi connectivity index (χ2n) is 2.96. The average Bonchev–Trinajstić information content (AvgIpc) is 2.50. The summed E-state index contributed by atoms with van der Waals surface area (Å²) in [5, 5.41) is 0. The first kappa shape index (κ1) is 8.54. The molecule has 0 bridgehead atoms. The highest BCUT2D eigenvalue weighted by molar-refractivity contribution is 4.95. The summed E-state index contributed by atoms with van der Waals surface area (Å²) in [5.41, 5.74) is 0. The Morgan fingerprint density at radius 3 is 2.64 bits per heavy atom. The van der Waals surface area contributed by atoms with Gasteiger partial charge in [-0.2, -0.15) is 0 Å². The van der Waals surface area contributed by atoms with E-state index in [9.17, 15) is 0 Å². The van der Waals surface area contributed by atoms with Crippen molar-refractivity contribution in [2.24, 2.45) is 0 Å². The summed E-state index contributed by atoms with van der Waals surface area (Å²) in [7, 11) is 0. The monoisotopic (exact) mass is 150 g/mol. The van der Waals surface area contributed by atoms with E-state index < -0.39 is 0 Å². The van der Waals surface area contributed by atoms with E-state index in [2.05, 4.69) is 11.0 Å². The molecule has 0 aromatic heterocycles. The smallest absolute Gasteiger partial charge is 0.00160 e. The molecule has 0 saturated carbocycles. The molecule has 1 heterocycles. The maximum Gasteiger partial charge on any atom is 0.00160 e. The molecule has 0 unspecified atom stereocenters. The second-order valence-corrected chi connectivity index (χ2v) is 2.96. The van der Waals surface area contributed by atoms with Crippen molar-refractivity contribution >= 4 is 0 Å². The van der Waals surface area contributed by atoms with Crippen LogP contribution in [-0.4, -0.2) is 24.5 Å². The summed E-state index contributed by atoms with van der Waals surface area (Å²) in [6, 6.07) is 0. The Morgan fingerprint density at radius 2 is 2.00 bits per heavy atom. The maximum atomic E-state index is 5.20. The first-order valence-electron chi connectivity index (χ1n) is 4.36. The van der Waals surface area contributed by atoms with Crippen LogP contribution in [0.4, 0.5) is 0 Å². The normalized spacial score (nSPS) is 19.6. The fraction of sp³-hybridized carbons (Fsp3) is 0.600. The van der Waals surface area contributed by atoms with Crippen molar-refractivity contribution in [1.29, 1.82) is 0 Å². The van der Waals surface area contributed by atoms with Crippen molar-refractivity contribution in [2.75, 3.05) is 19.6 Å². The van der Waals surface area contributed by atoms with Gasteiger partial charge in [0.05, 0.1) is 0 Å². The Hall–Kier alpha value is -0.560. The van der Waals surface area contributed by atoms with Crippen LogP contribution >= 0.6 is 0 Å². The number of allylic oxidation sites excluding steroid dienone is 2. The van der Waals surface area contributed by atoms with Crippen LogP contribution in [-0.2, 0) is 0 Å². The molecule has 1 rings (SSSR count). The van der Waals surface area contributed by atoms with Crippen LogP contribution in [0.2, 0.25) is 0 Å². The first-order valence-corrected chi connectivity index (χ1v) is 4.36. The molecule has 61 valence electrons. The quantitative estimate of drug-likeness (QED) is 0.554. The molecule has 0 aromatic carbocycles. The molecule has 1 fully saturated rings. The zero-order valence-corrected chi connectivity index (χ0v) is 7.00. The molecule has 1 radical (unpaired) electrons. The fourth-order valence-electron chi connectivity index (χ4n) is 1.44. The van der Waals surface area contributed by atoms with E-state index in [1.807, 2.05) is 6.08 Å². The van der Waals surface area contributed by atoms with Crippen LogP contribution in [0.25, 0.3) is 0 Å². The van der Waals surface area contributed by atoms with E-state index in [0.29, 0.717) is 0 Å². The highest BCUT2D eigenvalue weighted by atomic mass is 15.1. The van der Waals surface area contributed by atoms with Gasteiger partial charge in [0, 0.05) is 6.54 Å². The maximum absolute atomic E-state index is 5.20. The van der Waals surface area contributed by atoms with Crippen LogP contribution < -0.4 is 0 Å². The van der Waals surface area contributed by atoms with Crippen molar-refractivity contribution in [1.82, 2.24) is 4.90 Å². The van der Waals surface area contributed by atoms with Crippen molar-refractivity contribution < 1.29 is 0 Å². The van der Waals surface area contributed by atoms with E-state index in [1.165, 1.54) is 32.5 Å². The van der Waals surface area contributed by atoms with Crippen LogP contribution in [0.3, 0.4) is 0 Å². The van der Waals surface area contributed by atoms with Crippen molar-refractivity contribution in [3.05, 3.63) is 24.8 Å². The molecule has 0 atom stereocenters. The van der Waals surface area contributed by atoms with Gasteiger partial charge in [0.2, 0.25) is 0 Å². The SMILES string of the molecule is [CH]=C/C=C/CCN1CCCC1. The summed E-state index contributed by atoms with van der Waals surface area (Å²) in [4.78, 5) is 2.50. The lowest BCUT2D eigenvalue weighted by molar-refractivity contribution is 0.346. The number of nitrogens with zero attached hydrogens (tertiary/aromatic N) is 1. The van der Waals surface area contributed by atoms with Crippen molar-refractivity contribution in [2.45, 2.75) is 19.3 Å². The van der Waals surface area contributed by atoms with E-state index in [-0.39, 0.29) is 0 Å². The summed E-state index contributed by atoms with van der Waals surface area (Å²) in [6.45, 7) is 8.98. The Bertz CT molecular complexity index is 132. The highest BCUT2D eigenvalue weighted by Crippen LogP contribution is 2.07. The van der Waals surface area contributed by atoms with E-state index in [4.69, 9.17) is 6.58 Å². The van der Waals surface area contributed by atoms with Gasteiger partial charge in [-0.05, 0) is 32.4 Å². The molecular weight excluding hydrogens is 134 g/mol. The lowest BCUT2D eigenvalue weighted by atomic mass is 10.3. The second kappa shape index (κ2) is 5.14. The fourth-order valence-corrected chi connectivity index (χ4v) is 1.44. The first-order chi connectivity index (χ1) is 5.43. The molecule has 1 nitrogen and oxygen atoms in total. The minimum Gasteiger partial charge on any atom is -0.303 e. The van der Waals surface area contributed by atoms with Crippen molar-refractivity contribution in [3.63, 3.8) is 0 Å². The molecule has 0 aromatic rings. The minimum absolute atomic E-state index is 1.13. The Kier molecular flexibility index (Phi) is 3.99. The third kappa shape index (κ3) is 3.38. The van der Waals surface area contributed by atoms with Gasteiger partial charge in [-0.1, -0.05) is 24.8 Å². The zero-order chi connectivity index (χ0) is 7.94. The number of hydrogen-bond acceptors (Lipinski definition) is 1. The van der Waals surface area contributed by atoms with Gasteiger partial charge in [-0.15, -0.1) is 0 Å². The molecule has 1 aliphatic heterocycles. The van der Waals surface area contributed by atoms with E-state index in [1.54, 1.807) is 6.08 Å². The summed E-state index contributed by atoms with van der Waals surface area (Å²) < 4.78 is 0. The summed E-state index contributed by atoms with van der Waals surface area (Å²) in [5.74, 6) is 0. The third-order valence-electron chi connectivity index (χ3n) is 2.06. The topological polar surface area (TPSA) is 3.24 Å². The van der Waals surface area contributed by atoms with Crippen LogP contribution in [0.5, 0.6) is 0 Å². The molecule has 1 aliphatic rings. The number of hydrogen-bond donors (Lipinski definition) is 0.